The SMILES string of the molecule is CO[C@H]1CN(C2CCN(c3ccc(F)cc3C)CC2)CC[C@H]1N. The minimum atomic E-state index is -0.156. The molecule has 2 aliphatic heterocycles. The predicted molar refractivity (Wildman–Crippen MR) is 91.3 cm³/mol. The summed E-state index contributed by atoms with van der Waals surface area (Å²) in [5, 5.41) is 0. The zero-order valence-corrected chi connectivity index (χ0v) is 14.2. The summed E-state index contributed by atoms with van der Waals surface area (Å²) in [6, 6.07) is 5.86. The Morgan fingerprint density at radius 3 is 2.57 bits per heavy atom. The van der Waals surface area contributed by atoms with Gasteiger partial charge in [0.15, 0.2) is 0 Å². The van der Waals surface area contributed by atoms with Crippen molar-refractivity contribution in [3.05, 3.63) is 29.6 Å². The molecule has 0 saturated carbocycles. The largest absolute Gasteiger partial charge is 0.379 e. The van der Waals surface area contributed by atoms with E-state index in [4.69, 9.17) is 10.5 Å². The summed E-state index contributed by atoms with van der Waals surface area (Å²) in [7, 11) is 1.76. The standard InChI is InChI=1S/C18H28FN3O/c1-13-11-14(19)3-4-17(13)21-8-5-15(6-9-21)22-10-7-16(20)18(12-22)23-2/h3-4,11,15-16,18H,5-10,12,20H2,1-2H3/t16-,18+/m1/s1. The van der Waals surface area contributed by atoms with E-state index in [1.165, 1.54) is 5.69 Å². The lowest BCUT2D eigenvalue weighted by atomic mass is 9.96. The molecular formula is C18H28FN3O. The van der Waals surface area contributed by atoms with Crippen molar-refractivity contribution in [2.24, 2.45) is 5.73 Å². The van der Waals surface area contributed by atoms with Gasteiger partial charge >= 0.3 is 0 Å². The number of nitrogens with two attached hydrogens (primary N) is 1. The Balaban J connectivity index is 1.58. The third kappa shape index (κ3) is 3.67. The smallest absolute Gasteiger partial charge is 0.123 e. The van der Waals surface area contributed by atoms with Crippen molar-refractivity contribution in [1.29, 1.82) is 0 Å². The van der Waals surface area contributed by atoms with E-state index in [-0.39, 0.29) is 18.0 Å². The summed E-state index contributed by atoms with van der Waals surface area (Å²) in [6.45, 7) is 6.05. The Hall–Kier alpha value is -1.17. The number of rotatable bonds is 3. The van der Waals surface area contributed by atoms with Crippen LogP contribution in [0.15, 0.2) is 18.2 Å². The lowest BCUT2D eigenvalue weighted by molar-refractivity contribution is -0.00266. The number of nitrogens with zero attached hydrogens (tertiary/aromatic N) is 2. The number of aryl methyl sites for hydroxylation is 1. The first kappa shape index (κ1) is 16.7. The molecule has 5 heteroatoms. The molecule has 0 radical (unpaired) electrons. The van der Waals surface area contributed by atoms with Gasteiger partial charge in [-0.1, -0.05) is 0 Å². The molecule has 1 aromatic carbocycles. The van der Waals surface area contributed by atoms with Crippen molar-refractivity contribution in [2.45, 2.75) is 44.4 Å². The Kier molecular flexibility index (Phi) is 5.19. The number of hydrogen-bond donors (Lipinski definition) is 1. The molecular weight excluding hydrogens is 293 g/mol. The zero-order valence-electron chi connectivity index (χ0n) is 14.2. The first-order valence-corrected chi connectivity index (χ1v) is 8.62. The van der Waals surface area contributed by atoms with Crippen LogP contribution < -0.4 is 10.6 Å². The number of halogens is 1. The average Bonchev–Trinajstić information content (AvgIpc) is 2.56. The molecule has 128 valence electrons. The first-order chi connectivity index (χ1) is 11.1. The Morgan fingerprint density at radius 1 is 1.17 bits per heavy atom. The Morgan fingerprint density at radius 2 is 1.91 bits per heavy atom. The van der Waals surface area contributed by atoms with Crippen LogP contribution in [0.5, 0.6) is 0 Å². The normalized spacial score (nSPS) is 27.4. The van der Waals surface area contributed by atoms with Crippen molar-refractivity contribution in [3.63, 3.8) is 0 Å². The number of benzene rings is 1. The highest BCUT2D eigenvalue weighted by molar-refractivity contribution is 5.53. The second-order valence-electron chi connectivity index (χ2n) is 6.87. The summed E-state index contributed by atoms with van der Waals surface area (Å²) in [5.41, 5.74) is 8.30. The molecule has 2 saturated heterocycles. The van der Waals surface area contributed by atoms with Crippen LogP contribution in [0.3, 0.4) is 0 Å². The van der Waals surface area contributed by atoms with E-state index >= 15 is 0 Å². The number of piperidine rings is 2. The maximum absolute atomic E-state index is 13.3. The van der Waals surface area contributed by atoms with Crippen LogP contribution in [-0.2, 0) is 4.74 Å². The fourth-order valence-corrected chi connectivity index (χ4v) is 3.99. The quantitative estimate of drug-likeness (QED) is 0.926. The van der Waals surface area contributed by atoms with Gasteiger partial charge in [-0.2, -0.15) is 0 Å². The lowest BCUT2D eigenvalue weighted by Crippen LogP contribution is -2.56. The van der Waals surface area contributed by atoms with E-state index in [1.54, 1.807) is 19.2 Å². The molecule has 0 unspecified atom stereocenters. The third-order valence-corrected chi connectivity index (χ3v) is 5.42. The number of hydrogen-bond acceptors (Lipinski definition) is 4. The molecule has 0 bridgehead atoms. The van der Waals surface area contributed by atoms with Crippen LogP contribution in [0.2, 0.25) is 0 Å². The average molecular weight is 321 g/mol. The monoisotopic (exact) mass is 321 g/mol. The van der Waals surface area contributed by atoms with E-state index in [0.29, 0.717) is 6.04 Å². The molecule has 1 aromatic rings. The van der Waals surface area contributed by atoms with Gasteiger partial charge in [0.05, 0.1) is 6.10 Å². The van der Waals surface area contributed by atoms with Crippen LogP contribution in [0.25, 0.3) is 0 Å². The van der Waals surface area contributed by atoms with Gasteiger partial charge < -0.3 is 15.4 Å². The molecule has 2 atom stereocenters. The summed E-state index contributed by atoms with van der Waals surface area (Å²) < 4.78 is 18.8. The van der Waals surface area contributed by atoms with Gasteiger partial charge in [-0.15, -0.1) is 0 Å². The molecule has 0 spiro atoms. The van der Waals surface area contributed by atoms with E-state index in [2.05, 4.69) is 9.80 Å². The molecule has 2 fully saturated rings. The molecule has 0 amide bonds. The second kappa shape index (κ2) is 7.16. The highest BCUT2D eigenvalue weighted by atomic mass is 19.1. The number of methoxy groups -OCH3 is 1. The van der Waals surface area contributed by atoms with Gasteiger partial charge in [0, 0.05) is 51.1 Å². The maximum atomic E-state index is 13.3. The molecule has 0 aliphatic carbocycles. The van der Waals surface area contributed by atoms with E-state index < -0.39 is 0 Å². The van der Waals surface area contributed by atoms with Crippen LogP contribution in [0.1, 0.15) is 24.8 Å². The lowest BCUT2D eigenvalue weighted by Gasteiger charge is -2.44. The van der Waals surface area contributed by atoms with Crippen molar-refractivity contribution >= 4 is 5.69 Å². The fourth-order valence-electron chi connectivity index (χ4n) is 3.99. The van der Waals surface area contributed by atoms with Gasteiger partial charge in [-0.05, 0) is 49.9 Å². The predicted octanol–water partition coefficient (Wildman–Crippen LogP) is 2.15. The van der Waals surface area contributed by atoms with Crippen LogP contribution in [0.4, 0.5) is 10.1 Å². The van der Waals surface area contributed by atoms with Crippen molar-refractivity contribution in [3.8, 4) is 0 Å². The van der Waals surface area contributed by atoms with Gasteiger partial charge in [0.2, 0.25) is 0 Å². The first-order valence-electron chi connectivity index (χ1n) is 8.62. The highest BCUT2D eigenvalue weighted by Gasteiger charge is 2.32. The molecule has 3 rings (SSSR count). The number of anilines is 1. The summed E-state index contributed by atoms with van der Waals surface area (Å²) in [6.07, 6.45) is 3.45. The van der Waals surface area contributed by atoms with Crippen molar-refractivity contribution < 1.29 is 9.13 Å². The minimum absolute atomic E-state index is 0.154. The van der Waals surface area contributed by atoms with Crippen LogP contribution >= 0.6 is 0 Å². The summed E-state index contributed by atoms with van der Waals surface area (Å²) in [5.74, 6) is -0.156. The molecule has 2 aliphatic rings. The topological polar surface area (TPSA) is 41.7 Å². The molecule has 4 nitrogen and oxygen atoms in total. The van der Waals surface area contributed by atoms with E-state index in [9.17, 15) is 4.39 Å². The molecule has 23 heavy (non-hydrogen) atoms. The summed E-state index contributed by atoms with van der Waals surface area (Å²) >= 11 is 0. The highest BCUT2D eigenvalue weighted by Crippen LogP contribution is 2.27. The zero-order chi connectivity index (χ0) is 16.4. The molecule has 0 aromatic heterocycles. The van der Waals surface area contributed by atoms with E-state index in [1.807, 2.05) is 13.0 Å². The number of ether oxygens (including phenoxy) is 1. The summed E-state index contributed by atoms with van der Waals surface area (Å²) in [4.78, 5) is 4.93. The van der Waals surface area contributed by atoms with Crippen molar-refractivity contribution in [1.82, 2.24) is 4.90 Å². The molecule has 2 heterocycles. The minimum Gasteiger partial charge on any atom is -0.379 e. The van der Waals surface area contributed by atoms with Crippen LogP contribution in [0, 0.1) is 12.7 Å². The van der Waals surface area contributed by atoms with Gasteiger partial charge in [-0.25, -0.2) is 4.39 Å². The Bertz CT molecular complexity index is 531. The van der Waals surface area contributed by atoms with E-state index in [0.717, 1.165) is 51.0 Å². The van der Waals surface area contributed by atoms with Crippen LogP contribution in [-0.4, -0.2) is 56.4 Å². The molecule has 2 N–H and O–H groups in total. The second-order valence-corrected chi connectivity index (χ2v) is 6.87. The van der Waals surface area contributed by atoms with Gasteiger partial charge in [0.1, 0.15) is 5.82 Å². The maximum Gasteiger partial charge on any atom is 0.123 e. The van der Waals surface area contributed by atoms with Crippen molar-refractivity contribution in [2.75, 3.05) is 38.2 Å². The number of likely N-dealkylation sites (tertiary alicyclic amines) is 1. The Labute approximate surface area is 138 Å². The third-order valence-electron chi connectivity index (χ3n) is 5.42. The fraction of sp³-hybridized carbons (Fsp3) is 0.667. The van der Waals surface area contributed by atoms with Gasteiger partial charge in [-0.3, -0.25) is 4.90 Å². The van der Waals surface area contributed by atoms with Gasteiger partial charge in [0.25, 0.3) is 0 Å².